The molecule has 0 radical (unpaired) electrons. The van der Waals surface area contributed by atoms with Crippen molar-refractivity contribution in [2.75, 3.05) is 24.7 Å². The molecule has 0 aliphatic heterocycles. The number of anilines is 2. The molecule has 0 amide bonds. The lowest BCUT2D eigenvalue weighted by Crippen LogP contribution is -2.15. The van der Waals surface area contributed by atoms with Gasteiger partial charge in [0.25, 0.3) is 0 Å². The second-order valence-electron chi connectivity index (χ2n) is 4.28. The van der Waals surface area contributed by atoms with Crippen molar-refractivity contribution in [1.29, 1.82) is 0 Å². The Morgan fingerprint density at radius 2 is 1.83 bits per heavy atom. The van der Waals surface area contributed by atoms with Gasteiger partial charge in [-0.1, -0.05) is 12.1 Å². The summed E-state index contributed by atoms with van der Waals surface area (Å²) < 4.78 is 0. The number of aromatic hydroxyl groups is 1. The van der Waals surface area contributed by atoms with Gasteiger partial charge in [-0.2, -0.15) is 0 Å². The fourth-order valence-electron chi connectivity index (χ4n) is 1.65. The van der Waals surface area contributed by atoms with Crippen molar-refractivity contribution < 1.29 is 5.11 Å². The third-order valence-corrected chi connectivity index (χ3v) is 2.68. The predicted octanol–water partition coefficient (Wildman–Crippen LogP) is 1.81. The van der Waals surface area contributed by atoms with Crippen LogP contribution < -0.4 is 10.6 Å². The molecule has 0 atom stereocenters. The molecule has 0 bridgehead atoms. The number of hydrogen-bond acceptors (Lipinski definition) is 5. The van der Waals surface area contributed by atoms with Crippen molar-refractivity contribution in [3.8, 4) is 17.0 Å². The summed E-state index contributed by atoms with van der Waals surface area (Å²) in [4.78, 5) is 10.5. The Kier molecular flexibility index (Phi) is 3.06. The Balaban J connectivity index is 2.67. The van der Waals surface area contributed by atoms with E-state index in [2.05, 4.69) is 9.97 Å². The molecule has 0 saturated carbocycles. The fraction of sp³-hybridized carbons (Fsp3) is 0.231. The van der Waals surface area contributed by atoms with E-state index in [0.29, 0.717) is 28.6 Å². The van der Waals surface area contributed by atoms with E-state index in [-0.39, 0.29) is 5.75 Å². The zero-order chi connectivity index (χ0) is 13.3. The molecule has 3 N–H and O–H groups in total. The maximum absolute atomic E-state index is 9.88. The number of phenolic OH excluding ortho intramolecular Hbond substituents is 1. The molecule has 18 heavy (non-hydrogen) atoms. The van der Waals surface area contributed by atoms with E-state index in [4.69, 9.17) is 5.73 Å². The number of benzene rings is 1. The summed E-state index contributed by atoms with van der Waals surface area (Å²) in [5.41, 5.74) is 8.36. The zero-order valence-corrected chi connectivity index (χ0v) is 10.7. The van der Waals surface area contributed by atoms with Crippen LogP contribution in [0.1, 0.15) is 5.69 Å². The molecule has 5 nitrogen and oxygen atoms in total. The number of aryl methyl sites for hydroxylation is 1. The van der Waals surface area contributed by atoms with Crippen LogP contribution >= 0.6 is 0 Å². The lowest BCUT2D eigenvalue weighted by molar-refractivity contribution is 0.477. The lowest BCUT2D eigenvalue weighted by Gasteiger charge is -2.15. The van der Waals surface area contributed by atoms with Crippen LogP contribution in [-0.4, -0.2) is 29.2 Å². The van der Waals surface area contributed by atoms with E-state index in [9.17, 15) is 5.11 Å². The average Bonchev–Trinajstić information content (AvgIpc) is 2.33. The molecule has 0 spiro atoms. The van der Waals surface area contributed by atoms with Crippen LogP contribution in [0.3, 0.4) is 0 Å². The fourth-order valence-corrected chi connectivity index (χ4v) is 1.65. The third-order valence-electron chi connectivity index (χ3n) is 2.68. The Morgan fingerprint density at radius 3 is 2.44 bits per heavy atom. The molecule has 0 aliphatic carbocycles. The number of para-hydroxylation sites is 1. The topological polar surface area (TPSA) is 75.3 Å². The SMILES string of the molecule is Cc1nc(N(C)C)nc(-c2ccccc2O)c1N. The first-order chi connectivity index (χ1) is 8.50. The van der Waals surface area contributed by atoms with E-state index in [1.807, 2.05) is 27.1 Å². The third kappa shape index (κ3) is 2.07. The van der Waals surface area contributed by atoms with Crippen LogP contribution in [0, 0.1) is 6.92 Å². The normalized spacial score (nSPS) is 10.4. The monoisotopic (exact) mass is 244 g/mol. The second-order valence-corrected chi connectivity index (χ2v) is 4.28. The van der Waals surface area contributed by atoms with Crippen molar-refractivity contribution in [1.82, 2.24) is 9.97 Å². The van der Waals surface area contributed by atoms with Crippen LogP contribution in [-0.2, 0) is 0 Å². The zero-order valence-electron chi connectivity index (χ0n) is 10.7. The Labute approximate surface area is 106 Å². The van der Waals surface area contributed by atoms with Gasteiger partial charge >= 0.3 is 0 Å². The summed E-state index contributed by atoms with van der Waals surface area (Å²) >= 11 is 0. The van der Waals surface area contributed by atoms with Gasteiger partial charge in [0.2, 0.25) is 5.95 Å². The smallest absolute Gasteiger partial charge is 0.225 e. The molecular formula is C13H16N4O. The van der Waals surface area contributed by atoms with Gasteiger partial charge in [0.15, 0.2) is 0 Å². The molecule has 0 unspecified atom stereocenters. The Hall–Kier alpha value is -2.30. The maximum Gasteiger partial charge on any atom is 0.225 e. The van der Waals surface area contributed by atoms with Crippen molar-refractivity contribution in [3.63, 3.8) is 0 Å². The first-order valence-electron chi connectivity index (χ1n) is 5.60. The molecule has 0 saturated heterocycles. The summed E-state index contributed by atoms with van der Waals surface area (Å²) in [7, 11) is 3.72. The van der Waals surface area contributed by atoms with E-state index in [1.165, 1.54) is 0 Å². The van der Waals surface area contributed by atoms with Crippen LogP contribution in [0.25, 0.3) is 11.3 Å². The van der Waals surface area contributed by atoms with Crippen molar-refractivity contribution in [2.45, 2.75) is 6.92 Å². The molecule has 5 heteroatoms. The van der Waals surface area contributed by atoms with Crippen LogP contribution in [0.2, 0.25) is 0 Å². The molecule has 0 aliphatic rings. The average molecular weight is 244 g/mol. The van der Waals surface area contributed by atoms with Crippen molar-refractivity contribution in [3.05, 3.63) is 30.0 Å². The lowest BCUT2D eigenvalue weighted by atomic mass is 10.1. The highest BCUT2D eigenvalue weighted by Gasteiger charge is 2.14. The molecule has 2 aromatic rings. The van der Waals surface area contributed by atoms with Gasteiger partial charge < -0.3 is 15.7 Å². The van der Waals surface area contributed by atoms with Crippen LogP contribution in [0.5, 0.6) is 5.75 Å². The number of nitrogens with zero attached hydrogens (tertiary/aromatic N) is 3. The number of nitrogens with two attached hydrogens (primary N) is 1. The highest BCUT2D eigenvalue weighted by Crippen LogP contribution is 2.33. The number of aromatic nitrogens is 2. The quantitative estimate of drug-likeness (QED) is 0.842. The summed E-state index contributed by atoms with van der Waals surface area (Å²) in [6.07, 6.45) is 0. The number of phenols is 1. The minimum atomic E-state index is 0.159. The Morgan fingerprint density at radius 1 is 1.17 bits per heavy atom. The first kappa shape index (κ1) is 12.2. The summed E-state index contributed by atoms with van der Waals surface area (Å²) in [6.45, 7) is 1.83. The molecule has 2 rings (SSSR count). The van der Waals surface area contributed by atoms with Gasteiger partial charge in [-0.15, -0.1) is 0 Å². The molecular weight excluding hydrogens is 228 g/mol. The van der Waals surface area contributed by atoms with Gasteiger partial charge in [-0.3, -0.25) is 0 Å². The standard InChI is InChI=1S/C13H16N4O/c1-8-11(14)12(16-13(15-8)17(2)3)9-6-4-5-7-10(9)18/h4-7,18H,14H2,1-3H3. The number of hydrogen-bond donors (Lipinski definition) is 2. The molecule has 94 valence electrons. The van der Waals surface area contributed by atoms with E-state index >= 15 is 0 Å². The second kappa shape index (κ2) is 4.52. The number of rotatable bonds is 2. The molecule has 1 aromatic heterocycles. The summed E-state index contributed by atoms with van der Waals surface area (Å²) in [5, 5.41) is 9.88. The predicted molar refractivity (Wildman–Crippen MR) is 72.6 cm³/mol. The summed E-state index contributed by atoms with van der Waals surface area (Å²) in [6, 6.07) is 6.99. The van der Waals surface area contributed by atoms with Crippen LogP contribution in [0.4, 0.5) is 11.6 Å². The molecule has 0 fully saturated rings. The Bertz CT molecular complexity index is 581. The van der Waals surface area contributed by atoms with Gasteiger partial charge in [-0.05, 0) is 19.1 Å². The summed E-state index contributed by atoms with van der Waals surface area (Å²) in [5.74, 6) is 0.729. The first-order valence-corrected chi connectivity index (χ1v) is 5.60. The number of nitrogen functional groups attached to an aromatic ring is 1. The van der Waals surface area contributed by atoms with E-state index in [1.54, 1.807) is 23.1 Å². The largest absolute Gasteiger partial charge is 0.507 e. The van der Waals surface area contributed by atoms with Crippen molar-refractivity contribution in [2.24, 2.45) is 0 Å². The van der Waals surface area contributed by atoms with Gasteiger partial charge in [0.05, 0.1) is 11.4 Å². The van der Waals surface area contributed by atoms with Gasteiger partial charge in [-0.25, -0.2) is 9.97 Å². The van der Waals surface area contributed by atoms with E-state index < -0.39 is 0 Å². The maximum atomic E-state index is 9.88. The van der Waals surface area contributed by atoms with Gasteiger partial charge in [0, 0.05) is 19.7 Å². The van der Waals surface area contributed by atoms with Crippen LogP contribution in [0.15, 0.2) is 24.3 Å². The molecule has 1 aromatic carbocycles. The minimum absolute atomic E-state index is 0.159. The van der Waals surface area contributed by atoms with E-state index in [0.717, 1.165) is 0 Å². The highest BCUT2D eigenvalue weighted by atomic mass is 16.3. The van der Waals surface area contributed by atoms with Crippen molar-refractivity contribution >= 4 is 11.6 Å². The highest BCUT2D eigenvalue weighted by molar-refractivity contribution is 5.78. The molecule has 1 heterocycles. The minimum Gasteiger partial charge on any atom is -0.507 e. The van der Waals surface area contributed by atoms with Gasteiger partial charge in [0.1, 0.15) is 11.4 Å².